The molecule has 0 saturated carbocycles. The van der Waals surface area contributed by atoms with Gasteiger partial charge in [0.15, 0.2) is 0 Å². The highest BCUT2D eigenvalue weighted by atomic mass is 32.2. The van der Waals surface area contributed by atoms with Crippen LogP contribution >= 0.6 is 11.8 Å². The van der Waals surface area contributed by atoms with Crippen LogP contribution in [0.3, 0.4) is 0 Å². The highest BCUT2D eigenvalue weighted by Gasteiger charge is 2.39. The Morgan fingerprint density at radius 1 is 1.25 bits per heavy atom. The lowest BCUT2D eigenvalue weighted by atomic mass is 10.0. The van der Waals surface area contributed by atoms with Gasteiger partial charge in [-0.3, -0.25) is 19.7 Å². The van der Waals surface area contributed by atoms with Crippen molar-refractivity contribution < 1.29 is 14.4 Å². The molecule has 28 heavy (non-hydrogen) atoms. The van der Waals surface area contributed by atoms with Gasteiger partial charge >= 0.3 is 0 Å². The molecule has 4 rings (SSSR count). The molecule has 3 aliphatic rings. The van der Waals surface area contributed by atoms with Crippen molar-refractivity contribution in [1.82, 2.24) is 20.9 Å². The Labute approximate surface area is 169 Å². The minimum atomic E-state index is -0.562. The van der Waals surface area contributed by atoms with Gasteiger partial charge in [0.05, 0.1) is 0 Å². The van der Waals surface area contributed by atoms with Crippen molar-refractivity contribution in [2.24, 2.45) is 0 Å². The van der Waals surface area contributed by atoms with E-state index in [4.69, 9.17) is 0 Å². The summed E-state index contributed by atoms with van der Waals surface area (Å²) in [5.74, 6) is 1.61. The molecule has 3 heterocycles. The van der Waals surface area contributed by atoms with Crippen LogP contribution in [-0.4, -0.2) is 59.3 Å². The summed E-state index contributed by atoms with van der Waals surface area (Å²) in [6.07, 6.45) is 1.76. The average molecular weight is 403 g/mol. The highest BCUT2D eigenvalue weighted by molar-refractivity contribution is 7.99. The van der Waals surface area contributed by atoms with Crippen LogP contribution < -0.4 is 16.0 Å². The first kappa shape index (κ1) is 19.4. The number of amides is 3. The fourth-order valence-corrected chi connectivity index (χ4v) is 5.12. The Balaban J connectivity index is 1.37. The predicted molar refractivity (Wildman–Crippen MR) is 108 cm³/mol. The lowest BCUT2D eigenvalue weighted by Crippen LogP contribution is -2.52. The van der Waals surface area contributed by atoms with E-state index in [9.17, 15) is 14.4 Å². The van der Waals surface area contributed by atoms with Crippen LogP contribution in [0.25, 0.3) is 0 Å². The monoisotopic (exact) mass is 402 g/mol. The van der Waals surface area contributed by atoms with Crippen LogP contribution in [0.15, 0.2) is 18.2 Å². The minimum Gasteiger partial charge on any atom is -0.322 e. The second-order valence-electron chi connectivity index (χ2n) is 7.53. The molecule has 2 unspecified atom stereocenters. The third-order valence-corrected chi connectivity index (χ3v) is 6.79. The van der Waals surface area contributed by atoms with E-state index in [2.05, 4.69) is 16.0 Å². The molecule has 2 atom stereocenters. The lowest BCUT2D eigenvalue weighted by Gasteiger charge is -2.29. The zero-order valence-electron chi connectivity index (χ0n) is 15.8. The number of hydrogen-bond donors (Lipinski definition) is 3. The fraction of sp³-hybridized carbons (Fsp3) is 0.550. The van der Waals surface area contributed by atoms with Gasteiger partial charge in [0.25, 0.3) is 5.91 Å². The van der Waals surface area contributed by atoms with E-state index in [0.717, 1.165) is 36.4 Å². The second-order valence-corrected chi connectivity index (χ2v) is 8.68. The molecule has 2 fully saturated rings. The third kappa shape index (κ3) is 4.09. The molecule has 0 radical (unpaired) electrons. The van der Waals surface area contributed by atoms with E-state index >= 15 is 0 Å². The van der Waals surface area contributed by atoms with E-state index in [1.807, 2.05) is 30.0 Å². The van der Waals surface area contributed by atoms with E-state index in [0.29, 0.717) is 31.1 Å². The summed E-state index contributed by atoms with van der Waals surface area (Å²) < 4.78 is 0. The second kappa shape index (κ2) is 8.63. The summed E-state index contributed by atoms with van der Waals surface area (Å²) >= 11 is 2.00. The predicted octanol–water partition coefficient (Wildman–Crippen LogP) is 0.632. The van der Waals surface area contributed by atoms with Crippen molar-refractivity contribution in [2.75, 3.05) is 24.6 Å². The first-order chi connectivity index (χ1) is 13.6. The number of benzene rings is 1. The van der Waals surface area contributed by atoms with Crippen molar-refractivity contribution >= 4 is 29.5 Å². The number of carbonyl (C=O) groups is 3. The largest absolute Gasteiger partial charge is 0.322 e. The van der Waals surface area contributed by atoms with Gasteiger partial charge in [-0.1, -0.05) is 12.1 Å². The molecule has 0 aromatic heterocycles. The number of hydrogen-bond acceptors (Lipinski definition) is 6. The van der Waals surface area contributed by atoms with Gasteiger partial charge in [0.1, 0.15) is 6.04 Å². The van der Waals surface area contributed by atoms with Crippen molar-refractivity contribution in [3.63, 3.8) is 0 Å². The van der Waals surface area contributed by atoms with E-state index < -0.39 is 6.04 Å². The van der Waals surface area contributed by atoms with Crippen molar-refractivity contribution in [3.05, 3.63) is 34.9 Å². The van der Waals surface area contributed by atoms with Crippen molar-refractivity contribution in [2.45, 2.75) is 44.4 Å². The SMILES string of the molecule is O=C1CCC(N2Cc3c(CNCCC4CSCCN4)cccc3C2=O)C(=O)N1. The molecule has 3 aliphatic heterocycles. The van der Waals surface area contributed by atoms with Crippen LogP contribution in [0.1, 0.15) is 40.7 Å². The number of piperidine rings is 1. The molecule has 7 nitrogen and oxygen atoms in total. The quantitative estimate of drug-likeness (QED) is 0.478. The topological polar surface area (TPSA) is 90.5 Å². The summed E-state index contributed by atoms with van der Waals surface area (Å²) in [5, 5.41) is 9.39. The number of fused-ring (bicyclic) bond motifs is 1. The van der Waals surface area contributed by atoms with Crippen LogP contribution in [-0.2, 0) is 22.7 Å². The van der Waals surface area contributed by atoms with Crippen LogP contribution in [0.4, 0.5) is 0 Å². The molecule has 0 aliphatic carbocycles. The summed E-state index contributed by atoms with van der Waals surface area (Å²) in [4.78, 5) is 38.0. The van der Waals surface area contributed by atoms with E-state index in [1.54, 1.807) is 4.90 Å². The smallest absolute Gasteiger partial charge is 0.255 e. The van der Waals surface area contributed by atoms with Gasteiger partial charge in [-0.05, 0) is 36.6 Å². The van der Waals surface area contributed by atoms with Gasteiger partial charge in [-0.2, -0.15) is 11.8 Å². The zero-order valence-corrected chi connectivity index (χ0v) is 16.6. The Morgan fingerprint density at radius 2 is 2.14 bits per heavy atom. The summed E-state index contributed by atoms with van der Waals surface area (Å²) in [7, 11) is 0. The van der Waals surface area contributed by atoms with Gasteiger partial charge in [0, 0.05) is 49.2 Å². The maximum atomic E-state index is 12.8. The first-order valence-electron chi connectivity index (χ1n) is 9.91. The maximum Gasteiger partial charge on any atom is 0.255 e. The van der Waals surface area contributed by atoms with Gasteiger partial charge < -0.3 is 15.5 Å². The molecule has 2 saturated heterocycles. The van der Waals surface area contributed by atoms with Gasteiger partial charge in [0.2, 0.25) is 11.8 Å². The van der Waals surface area contributed by atoms with Gasteiger partial charge in [-0.15, -0.1) is 0 Å². The average Bonchev–Trinajstić information content (AvgIpc) is 3.03. The number of rotatable bonds is 6. The molecule has 0 bridgehead atoms. The van der Waals surface area contributed by atoms with Gasteiger partial charge in [-0.25, -0.2) is 0 Å². The molecule has 1 aromatic rings. The highest BCUT2D eigenvalue weighted by Crippen LogP contribution is 2.29. The Hall–Kier alpha value is -1.90. The van der Waals surface area contributed by atoms with E-state index in [1.165, 1.54) is 5.75 Å². The van der Waals surface area contributed by atoms with E-state index in [-0.39, 0.29) is 24.1 Å². The first-order valence-corrected chi connectivity index (χ1v) is 11.1. The number of imide groups is 1. The molecule has 8 heteroatoms. The van der Waals surface area contributed by atoms with Crippen LogP contribution in [0.2, 0.25) is 0 Å². The van der Waals surface area contributed by atoms with Crippen molar-refractivity contribution in [3.8, 4) is 0 Å². The fourth-order valence-electron chi connectivity index (χ4n) is 4.12. The Morgan fingerprint density at radius 3 is 2.93 bits per heavy atom. The standard InChI is InChI=1S/C20H26N4O3S/c25-18-5-4-17(19(26)23-18)24-11-16-13(2-1-3-15(16)20(24)27)10-21-7-6-14-12-28-9-8-22-14/h1-3,14,17,21-22H,4-12H2,(H,23,25,26). The number of carbonyl (C=O) groups excluding carboxylic acids is 3. The maximum absolute atomic E-state index is 12.8. The minimum absolute atomic E-state index is 0.116. The molecular formula is C20H26N4O3S. The number of nitrogens with one attached hydrogen (secondary N) is 3. The van der Waals surface area contributed by atoms with Crippen LogP contribution in [0, 0.1) is 0 Å². The summed E-state index contributed by atoms with van der Waals surface area (Å²) in [5.41, 5.74) is 2.78. The molecule has 3 amide bonds. The number of nitrogens with zero attached hydrogens (tertiary/aromatic N) is 1. The molecule has 0 spiro atoms. The summed E-state index contributed by atoms with van der Waals surface area (Å²) in [6.45, 7) is 3.14. The third-order valence-electron chi connectivity index (χ3n) is 5.66. The lowest BCUT2D eigenvalue weighted by molar-refractivity contribution is -0.136. The Kier molecular flexibility index (Phi) is 5.99. The zero-order chi connectivity index (χ0) is 19.5. The normalized spacial score (nSPS) is 25.0. The summed E-state index contributed by atoms with van der Waals surface area (Å²) in [6, 6.07) is 5.78. The molecular weight excluding hydrogens is 376 g/mol. The number of thioether (sulfide) groups is 1. The Bertz CT molecular complexity index is 779. The molecule has 1 aromatic carbocycles. The van der Waals surface area contributed by atoms with Crippen molar-refractivity contribution in [1.29, 1.82) is 0 Å². The molecule has 3 N–H and O–H groups in total. The molecule has 150 valence electrons. The van der Waals surface area contributed by atoms with Crippen LogP contribution in [0.5, 0.6) is 0 Å².